The van der Waals surface area contributed by atoms with Crippen molar-refractivity contribution in [1.29, 1.82) is 0 Å². The Labute approximate surface area is 129 Å². The molecule has 2 N–H and O–H groups in total. The molecule has 2 fully saturated rings. The van der Waals surface area contributed by atoms with Crippen LogP contribution in [0.2, 0.25) is 0 Å². The van der Waals surface area contributed by atoms with Gasteiger partial charge in [0.1, 0.15) is 0 Å². The monoisotopic (exact) mass is 318 g/mol. The van der Waals surface area contributed by atoms with Gasteiger partial charge in [0.2, 0.25) is 0 Å². The maximum atomic E-state index is 12.3. The lowest BCUT2D eigenvalue weighted by Gasteiger charge is -2.32. The first kappa shape index (κ1) is 17.1. The zero-order valence-electron chi connectivity index (χ0n) is 13.5. The zero-order chi connectivity index (χ0) is 15.5. The average Bonchev–Trinajstić information content (AvgIpc) is 3.27. The lowest BCUT2D eigenvalue weighted by Crippen LogP contribution is -2.48. The summed E-state index contributed by atoms with van der Waals surface area (Å²) in [5.41, 5.74) is 0. The first-order valence-corrected chi connectivity index (χ1v) is 9.47. The minimum atomic E-state index is -3.32. The van der Waals surface area contributed by atoms with E-state index in [1.165, 1.54) is 12.8 Å². The van der Waals surface area contributed by atoms with E-state index in [9.17, 15) is 8.42 Å². The highest BCUT2D eigenvalue weighted by Crippen LogP contribution is 2.22. The summed E-state index contributed by atoms with van der Waals surface area (Å²) >= 11 is 0. The Morgan fingerprint density at radius 1 is 1.19 bits per heavy atom. The van der Waals surface area contributed by atoms with Crippen molar-refractivity contribution in [2.24, 2.45) is 5.92 Å². The SMILES string of the molecule is CC(CNS(=O)(=O)N1CCC(CNC2CC2)CC1)N(C)C. The van der Waals surface area contributed by atoms with Gasteiger partial charge in [-0.15, -0.1) is 0 Å². The molecule has 6 nitrogen and oxygen atoms in total. The molecule has 1 saturated heterocycles. The molecule has 0 bridgehead atoms. The van der Waals surface area contributed by atoms with Crippen LogP contribution in [-0.4, -0.2) is 70.0 Å². The smallest absolute Gasteiger partial charge is 0.279 e. The number of nitrogens with one attached hydrogen (secondary N) is 2. The Morgan fingerprint density at radius 2 is 1.81 bits per heavy atom. The normalized spacial score (nSPS) is 23.6. The van der Waals surface area contributed by atoms with E-state index in [-0.39, 0.29) is 6.04 Å². The van der Waals surface area contributed by atoms with Crippen LogP contribution in [0.3, 0.4) is 0 Å². The van der Waals surface area contributed by atoms with Crippen LogP contribution in [0.5, 0.6) is 0 Å². The summed E-state index contributed by atoms with van der Waals surface area (Å²) < 4.78 is 28.9. The lowest BCUT2D eigenvalue weighted by molar-refractivity contribution is 0.261. The maximum absolute atomic E-state index is 12.3. The summed E-state index contributed by atoms with van der Waals surface area (Å²) in [6.07, 6.45) is 4.54. The average molecular weight is 318 g/mol. The molecule has 124 valence electrons. The van der Waals surface area contributed by atoms with E-state index >= 15 is 0 Å². The number of rotatable bonds is 8. The molecule has 0 aromatic rings. The van der Waals surface area contributed by atoms with Crippen molar-refractivity contribution in [3.05, 3.63) is 0 Å². The van der Waals surface area contributed by atoms with Crippen LogP contribution in [0, 0.1) is 5.92 Å². The van der Waals surface area contributed by atoms with Gasteiger partial charge in [0.25, 0.3) is 10.2 Å². The Hall–Kier alpha value is -0.210. The van der Waals surface area contributed by atoms with Gasteiger partial charge in [-0.3, -0.25) is 0 Å². The first-order chi connectivity index (χ1) is 9.88. The quantitative estimate of drug-likeness (QED) is 0.673. The molecule has 1 heterocycles. The van der Waals surface area contributed by atoms with E-state index < -0.39 is 10.2 Å². The van der Waals surface area contributed by atoms with E-state index in [4.69, 9.17) is 0 Å². The summed E-state index contributed by atoms with van der Waals surface area (Å²) in [6, 6.07) is 0.931. The largest absolute Gasteiger partial charge is 0.314 e. The highest BCUT2D eigenvalue weighted by atomic mass is 32.2. The lowest BCUT2D eigenvalue weighted by atomic mass is 9.98. The molecule has 1 atom stereocenters. The highest BCUT2D eigenvalue weighted by molar-refractivity contribution is 7.87. The standard InChI is InChI=1S/C14H30N4O2S/c1-12(17(2)3)10-16-21(19,20)18-8-6-13(7-9-18)11-15-14-4-5-14/h12-16H,4-11H2,1-3H3. The van der Waals surface area contributed by atoms with Gasteiger partial charge in [-0.05, 0) is 59.2 Å². The van der Waals surface area contributed by atoms with Crippen LogP contribution in [0.25, 0.3) is 0 Å². The van der Waals surface area contributed by atoms with Crippen molar-refractivity contribution in [2.75, 3.05) is 40.3 Å². The molecule has 1 unspecified atom stereocenters. The van der Waals surface area contributed by atoms with Gasteiger partial charge in [-0.2, -0.15) is 12.7 Å². The van der Waals surface area contributed by atoms with Gasteiger partial charge in [-0.1, -0.05) is 0 Å². The molecule has 1 aliphatic carbocycles. The third-order valence-corrected chi connectivity index (χ3v) is 6.21. The number of piperidine rings is 1. The molecule has 1 aliphatic heterocycles. The van der Waals surface area contributed by atoms with E-state index in [1.54, 1.807) is 4.31 Å². The second kappa shape index (κ2) is 7.37. The van der Waals surface area contributed by atoms with Crippen molar-refractivity contribution < 1.29 is 8.42 Å². The number of hydrogen-bond acceptors (Lipinski definition) is 4. The van der Waals surface area contributed by atoms with Gasteiger partial charge < -0.3 is 10.2 Å². The molecular weight excluding hydrogens is 288 g/mol. The molecule has 21 heavy (non-hydrogen) atoms. The van der Waals surface area contributed by atoms with Crippen molar-refractivity contribution >= 4 is 10.2 Å². The zero-order valence-corrected chi connectivity index (χ0v) is 14.3. The number of nitrogens with zero attached hydrogens (tertiary/aromatic N) is 2. The molecule has 0 radical (unpaired) electrons. The molecule has 0 aromatic heterocycles. The Balaban J connectivity index is 1.71. The summed E-state index contributed by atoms with van der Waals surface area (Å²) in [6.45, 7) is 4.80. The Bertz CT molecular complexity index is 415. The Kier molecular flexibility index (Phi) is 6.02. The molecular formula is C14H30N4O2S. The predicted molar refractivity (Wildman–Crippen MR) is 85.4 cm³/mol. The van der Waals surface area contributed by atoms with Gasteiger partial charge >= 0.3 is 0 Å². The van der Waals surface area contributed by atoms with Crippen LogP contribution in [0.4, 0.5) is 0 Å². The molecule has 0 aromatic carbocycles. The molecule has 2 rings (SSSR count). The predicted octanol–water partition coefficient (Wildman–Crippen LogP) is 0.235. The number of likely N-dealkylation sites (N-methyl/N-ethyl adjacent to an activating group) is 1. The molecule has 1 saturated carbocycles. The molecule has 0 spiro atoms. The van der Waals surface area contributed by atoms with E-state index in [0.29, 0.717) is 25.6 Å². The van der Waals surface area contributed by atoms with Gasteiger partial charge in [0.15, 0.2) is 0 Å². The van der Waals surface area contributed by atoms with Crippen molar-refractivity contribution in [3.63, 3.8) is 0 Å². The van der Waals surface area contributed by atoms with Crippen molar-refractivity contribution in [2.45, 2.75) is 44.7 Å². The number of hydrogen-bond donors (Lipinski definition) is 2. The van der Waals surface area contributed by atoms with Crippen LogP contribution < -0.4 is 10.0 Å². The minimum Gasteiger partial charge on any atom is -0.314 e. The van der Waals surface area contributed by atoms with E-state index in [1.807, 2.05) is 25.9 Å². The fourth-order valence-electron chi connectivity index (χ4n) is 2.47. The third kappa shape index (κ3) is 5.49. The molecule has 7 heteroatoms. The van der Waals surface area contributed by atoms with Gasteiger partial charge in [0, 0.05) is 31.7 Å². The van der Waals surface area contributed by atoms with Crippen LogP contribution in [0.15, 0.2) is 0 Å². The van der Waals surface area contributed by atoms with Crippen LogP contribution in [0.1, 0.15) is 32.6 Å². The third-order valence-electron chi connectivity index (χ3n) is 4.63. The maximum Gasteiger partial charge on any atom is 0.279 e. The first-order valence-electron chi connectivity index (χ1n) is 8.03. The Morgan fingerprint density at radius 3 is 2.33 bits per heavy atom. The summed E-state index contributed by atoms with van der Waals surface area (Å²) in [5.74, 6) is 0.623. The summed E-state index contributed by atoms with van der Waals surface area (Å²) in [5, 5.41) is 3.54. The van der Waals surface area contributed by atoms with Gasteiger partial charge in [-0.25, -0.2) is 4.72 Å². The van der Waals surface area contributed by atoms with Crippen molar-refractivity contribution in [1.82, 2.24) is 19.2 Å². The highest BCUT2D eigenvalue weighted by Gasteiger charge is 2.29. The second-order valence-corrected chi connectivity index (χ2v) is 8.45. The summed E-state index contributed by atoms with van der Waals surface area (Å²) in [7, 11) is 0.593. The van der Waals surface area contributed by atoms with E-state index in [0.717, 1.165) is 25.4 Å². The topological polar surface area (TPSA) is 64.7 Å². The van der Waals surface area contributed by atoms with Crippen molar-refractivity contribution in [3.8, 4) is 0 Å². The fourth-order valence-corrected chi connectivity index (χ4v) is 3.80. The second-order valence-electron chi connectivity index (χ2n) is 6.69. The fraction of sp³-hybridized carbons (Fsp3) is 1.00. The minimum absolute atomic E-state index is 0.194. The van der Waals surface area contributed by atoms with Crippen LogP contribution >= 0.6 is 0 Å². The molecule has 0 amide bonds. The summed E-state index contributed by atoms with van der Waals surface area (Å²) in [4.78, 5) is 2.01. The molecule has 2 aliphatic rings. The van der Waals surface area contributed by atoms with E-state index in [2.05, 4.69) is 10.0 Å². The van der Waals surface area contributed by atoms with Gasteiger partial charge in [0.05, 0.1) is 0 Å². The van der Waals surface area contributed by atoms with Crippen LogP contribution in [-0.2, 0) is 10.2 Å².